The molecule has 0 bridgehead atoms. The Bertz CT molecular complexity index is 676. The molecular weight excluding hydrogens is 368 g/mol. The SMILES string of the molecule is COC(=O)CC[C@H](NC(=O)[C@H](NC(=O)OCc1ccccc1)C(C)C)C(=O)O. The molecule has 0 saturated heterocycles. The van der Waals surface area contributed by atoms with E-state index in [-0.39, 0.29) is 25.4 Å². The van der Waals surface area contributed by atoms with E-state index in [0.29, 0.717) is 0 Å². The van der Waals surface area contributed by atoms with Gasteiger partial charge in [-0.2, -0.15) is 0 Å². The number of hydrogen-bond donors (Lipinski definition) is 3. The van der Waals surface area contributed by atoms with Crippen LogP contribution < -0.4 is 10.6 Å². The third kappa shape index (κ3) is 8.07. The maximum absolute atomic E-state index is 12.5. The first-order valence-electron chi connectivity index (χ1n) is 8.81. The molecule has 28 heavy (non-hydrogen) atoms. The minimum absolute atomic E-state index is 0.0377. The van der Waals surface area contributed by atoms with Gasteiger partial charge in [-0.25, -0.2) is 9.59 Å². The first kappa shape index (κ1) is 22.9. The minimum Gasteiger partial charge on any atom is -0.480 e. The molecule has 0 aliphatic heterocycles. The highest BCUT2D eigenvalue weighted by atomic mass is 16.5. The Balaban J connectivity index is 2.64. The number of rotatable bonds is 10. The van der Waals surface area contributed by atoms with Crippen molar-refractivity contribution < 1.29 is 33.8 Å². The van der Waals surface area contributed by atoms with E-state index in [0.717, 1.165) is 5.56 Å². The predicted octanol–water partition coefficient (Wildman–Crippen LogP) is 1.46. The molecule has 154 valence electrons. The second kappa shape index (κ2) is 11.6. The number of carbonyl (C=O) groups excluding carboxylic acids is 3. The zero-order valence-electron chi connectivity index (χ0n) is 16.1. The molecule has 0 spiro atoms. The summed E-state index contributed by atoms with van der Waals surface area (Å²) in [6.07, 6.45) is -1.08. The molecule has 1 aromatic carbocycles. The third-order valence-corrected chi connectivity index (χ3v) is 3.91. The van der Waals surface area contributed by atoms with Crippen LogP contribution in [-0.4, -0.2) is 48.2 Å². The van der Waals surface area contributed by atoms with E-state index < -0.39 is 36.0 Å². The van der Waals surface area contributed by atoms with E-state index in [9.17, 15) is 24.3 Å². The number of carboxylic acids is 1. The van der Waals surface area contributed by atoms with Crippen LogP contribution in [-0.2, 0) is 30.5 Å². The average Bonchev–Trinajstić information content (AvgIpc) is 2.67. The molecule has 0 heterocycles. The van der Waals surface area contributed by atoms with Crippen molar-refractivity contribution in [2.45, 2.75) is 45.4 Å². The van der Waals surface area contributed by atoms with Gasteiger partial charge in [0.15, 0.2) is 0 Å². The lowest BCUT2D eigenvalue weighted by Crippen LogP contribution is -2.53. The number of methoxy groups -OCH3 is 1. The summed E-state index contributed by atoms with van der Waals surface area (Å²) in [7, 11) is 1.19. The Morgan fingerprint density at radius 3 is 2.25 bits per heavy atom. The van der Waals surface area contributed by atoms with Gasteiger partial charge in [-0.05, 0) is 17.9 Å². The maximum atomic E-state index is 12.5. The highest BCUT2D eigenvalue weighted by molar-refractivity contribution is 5.89. The first-order valence-corrected chi connectivity index (χ1v) is 8.81. The summed E-state index contributed by atoms with van der Waals surface area (Å²) in [6.45, 7) is 3.44. The van der Waals surface area contributed by atoms with E-state index in [1.54, 1.807) is 38.1 Å². The molecule has 0 radical (unpaired) electrons. The summed E-state index contributed by atoms with van der Waals surface area (Å²) in [5.74, 6) is -2.86. The average molecular weight is 394 g/mol. The molecule has 0 aromatic heterocycles. The lowest BCUT2D eigenvalue weighted by Gasteiger charge is -2.23. The summed E-state index contributed by atoms with van der Waals surface area (Å²) in [5, 5.41) is 14.0. The van der Waals surface area contributed by atoms with Crippen LogP contribution in [0.15, 0.2) is 30.3 Å². The van der Waals surface area contributed by atoms with E-state index in [2.05, 4.69) is 15.4 Å². The van der Waals surface area contributed by atoms with Crippen LogP contribution in [0.5, 0.6) is 0 Å². The van der Waals surface area contributed by atoms with Gasteiger partial charge < -0.3 is 25.2 Å². The molecule has 1 rings (SSSR count). The lowest BCUT2D eigenvalue weighted by atomic mass is 10.0. The maximum Gasteiger partial charge on any atom is 0.408 e. The number of esters is 1. The zero-order valence-corrected chi connectivity index (χ0v) is 16.1. The molecule has 2 atom stereocenters. The number of amides is 2. The number of hydrogen-bond acceptors (Lipinski definition) is 6. The van der Waals surface area contributed by atoms with Crippen molar-refractivity contribution >= 4 is 23.9 Å². The summed E-state index contributed by atoms with van der Waals surface area (Å²) < 4.78 is 9.57. The van der Waals surface area contributed by atoms with Crippen molar-refractivity contribution in [3.8, 4) is 0 Å². The molecule has 1 aromatic rings. The number of carboxylic acid groups (broad SMARTS) is 1. The number of nitrogens with one attached hydrogen (secondary N) is 2. The second-order valence-electron chi connectivity index (χ2n) is 6.44. The van der Waals surface area contributed by atoms with Crippen molar-refractivity contribution in [3.63, 3.8) is 0 Å². The van der Waals surface area contributed by atoms with Gasteiger partial charge in [0.05, 0.1) is 7.11 Å². The van der Waals surface area contributed by atoms with Gasteiger partial charge in [0.25, 0.3) is 0 Å². The van der Waals surface area contributed by atoms with Crippen LogP contribution in [0.1, 0.15) is 32.3 Å². The van der Waals surface area contributed by atoms with Gasteiger partial charge in [-0.3, -0.25) is 9.59 Å². The van der Waals surface area contributed by atoms with E-state index in [1.165, 1.54) is 7.11 Å². The fourth-order valence-corrected chi connectivity index (χ4v) is 2.31. The van der Waals surface area contributed by atoms with Crippen molar-refractivity contribution in [3.05, 3.63) is 35.9 Å². The molecule has 9 nitrogen and oxygen atoms in total. The molecule has 3 N–H and O–H groups in total. The Hall–Kier alpha value is -3.10. The molecule has 9 heteroatoms. The molecule has 0 aliphatic rings. The van der Waals surface area contributed by atoms with Crippen LogP contribution in [0.4, 0.5) is 4.79 Å². The van der Waals surface area contributed by atoms with Crippen LogP contribution in [0.25, 0.3) is 0 Å². The Morgan fingerprint density at radius 2 is 1.71 bits per heavy atom. The van der Waals surface area contributed by atoms with E-state index in [4.69, 9.17) is 4.74 Å². The Kier molecular flexibility index (Phi) is 9.49. The van der Waals surface area contributed by atoms with Crippen LogP contribution >= 0.6 is 0 Å². The lowest BCUT2D eigenvalue weighted by molar-refractivity contribution is -0.144. The number of benzene rings is 1. The third-order valence-electron chi connectivity index (χ3n) is 3.91. The monoisotopic (exact) mass is 394 g/mol. The molecular formula is C19H26N2O7. The summed E-state index contributed by atoms with van der Waals surface area (Å²) in [4.78, 5) is 47.0. The smallest absolute Gasteiger partial charge is 0.408 e. The predicted molar refractivity (Wildman–Crippen MR) is 99.2 cm³/mol. The van der Waals surface area contributed by atoms with Gasteiger partial charge >= 0.3 is 18.0 Å². The minimum atomic E-state index is -1.29. The normalized spacial score (nSPS) is 12.6. The van der Waals surface area contributed by atoms with Gasteiger partial charge in [0.2, 0.25) is 5.91 Å². The number of alkyl carbamates (subject to hydrolysis) is 1. The quantitative estimate of drug-likeness (QED) is 0.512. The van der Waals surface area contributed by atoms with Crippen LogP contribution in [0, 0.1) is 5.92 Å². The first-order chi connectivity index (χ1) is 13.2. The van der Waals surface area contributed by atoms with E-state index in [1.807, 2.05) is 6.07 Å². The van der Waals surface area contributed by atoms with Crippen molar-refractivity contribution in [2.75, 3.05) is 7.11 Å². The summed E-state index contributed by atoms with van der Waals surface area (Å²) >= 11 is 0. The molecule has 2 amide bonds. The molecule has 0 aliphatic carbocycles. The van der Waals surface area contributed by atoms with Gasteiger partial charge in [0, 0.05) is 6.42 Å². The standard InChI is InChI=1S/C19H26N2O7/c1-12(2)16(21-19(26)28-11-13-7-5-4-6-8-13)17(23)20-14(18(24)25)9-10-15(22)27-3/h4-8,12,14,16H,9-11H2,1-3H3,(H,20,23)(H,21,26)(H,24,25)/t14-,16+/m0/s1. The number of aliphatic carboxylic acids is 1. The zero-order chi connectivity index (χ0) is 21.1. The largest absolute Gasteiger partial charge is 0.480 e. The highest BCUT2D eigenvalue weighted by Crippen LogP contribution is 2.07. The van der Waals surface area contributed by atoms with E-state index >= 15 is 0 Å². The van der Waals surface area contributed by atoms with Crippen molar-refractivity contribution in [2.24, 2.45) is 5.92 Å². The number of carbonyl (C=O) groups is 4. The van der Waals surface area contributed by atoms with Gasteiger partial charge in [0.1, 0.15) is 18.7 Å². The highest BCUT2D eigenvalue weighted by Gasteiger charge is 2.29. The Morgan fingerprint density at radius 1 is 1.07 bits per heavy atom. The Labute approximate surface area is 163 Å². The van der Waals surface area contributed by atoms with Crippen molar-refractivity contribution in [1.82, 2.24) is 10.6 Å². The van der Waals surface area contributed by atoms with Gasteiger partial charge in [-0.15, -0.1) is 0 Å². The van der Waals surface area contributed by atoms with Crippen molar-refractivity contribution in [1.29, 1.82) is 0 Å². The summed E-state index contributed by atoms with van der Waals surface area (Å²) in [5.41, 5.74) is 0.789. The topological polar surface area (TPSA) is 131 Å². The van der Waals surface area contributed by atoms with Crippen LogP contribution in [0.3, 0.4) is 0 Å². The second-order valence-corrected chi connectivity index (χ2v) is 6.44. The number of ether oxygens (including phenoxy) is 2. The molecule has 0 unspecified atom stereocenters. The van der Waals surface area contributed by atoms with Gasteiger partial charge in [-0.1, -0.05) is 44.2 Å². The molecule has 0 saturated carbocycles. The summed E-state index contributed by atoms with van der Waals surface area (Å²) in [6, 6.07) is 6.75. The fraction of sp³-hybridized carbons (Fsp3) is 0.474. The fourth-order valence-electron chi connectivity index (χ4n) is 2.31. The molecule has 0 fully saturated rings. The van der Waals surface area contributed by atoms with Crippen LogP contribution in [0.2, 0.25) is 0 Å².